The van der Waals surface area contributed by atoms with Crippen LogP contribution in [0.3, 0.4) is 0 Å². The molecule has 0 saturated heterocycles. The highest BCUT2D eigenvalue weighted by atomic mass is 16.6. The van der Waals surface area contributed by atoms with Crippen LogP contribution in [-0.2, 0) is 9.53 Å². The highest BCUT2D eigenvalue weighted by Gasteiger charge is 2.21. The first-order valence-electron chi connectivity index (χ1n) is 6.63. The van der Waals surface area contributed by atoms with Crippen molar-refractivity contribution in [2.75, 3.05) is 6.67 Å². The number of carbonyl (C=O) groups is 2. The smallest absolute Gasteiger partial charge is 0.409 e. The summed E-state index contributed by atoms with van der Waals surface area (Å²) < 4.78 is 5.06. The van der Waals surface area contributed by atoms with E-state index in [4.69, 9.17) is 4.74 Å². The van der Waals surface area contributed by atoms with Gasteiger partial charge in [0.25, 0.3) is 0 Å². The molecule has 0 atom stereocenters. The molecule has 0 aromatic carbocycles. The number of ether oxygens (including phenoxy) is 1. The SMILES string of the molecule is CC(C)(C)OC(=O)NCNC(=O)C1CCCCC1. The lowest BCUT2D eigenvalue weighted by Crippen LogP contribution is -2.42. The fraction of sp³-hybridized carbons (Fsp3) is 0.846. The molecule has 5 heteroatoms. The van der Waals surface area contributed by atoms with Crippen LogP contribution in [0.5, 0.6) is 0 Å². The largest absolute Gasteiger partial charge is 0.444 e. The van der Waals surface area contributed by atoms with Gasteiger partial charge in [0.1, 0.15) is 5.60 Å². The van der Waals surface area contributed by atoms with Crippen molar-refractivity contribution in [1.82, 2.24) is 10.6 Å². The first-order chi connectivity index (χ1) is 8.38. The first-order valence-corrected chi connectivity index (χ1v) is 6.63. The lowest BCUT2D eigenvalue weighted by atomic mass is 9.89. The number of hydrogen-bond donors (Lipinski definition) is 2. The number of alkyl carbamates (subject to hydrolysis) is 1. The van der Waals surface area contributed by atoms with Crippen LogP contribution in [0.4, 0.5) is 4.79 Å². The van der Waals surface area contributed by atoms with Crippen molar-refractivity contribution >= 4 is 12.0 Å². The van der Waals surface area contributed by atoms with Gasteiger partial charge in [0.2, 0.25) is 5.91 Å². The molecule has 18 heavy (non-hydrogen) atoms. The summed E-state index contributed by atoms with van der Waals surface area (Å²) in [5, 5.41) is 5.23. The summed E-state index contributed by atoms with van der Waals surface area (Å²) in [4.78, 5) is 23.1. The molecule has 2 N–H and O–H groups in total. The molecule has 1 aliphatic carbocycles. The Kier molecular flexibility index (Phi) is 5.44. The van der Waals surface area contributed by atoms with Gasteiger partial charge in [-0.15, -0.1) is 0 Å². The third kappa shape index (κ3) is 5.89. The van der Waals surface area contributed by atoms with E-state index in [1.807, 2.05) is 0 Å². The molecule has 0 unspecified atom stereocenters. The van der Waals surface area contributed by atoms with E-state index in [1.54, 1.807) is 20.8 Å². The normalized spacial score (nSPS) is 17.1. The predicted molar refractivity (Wildman–Crippen MR) is 69.0 cm³/mol. The molecule has 0 spiro atoms. The zero-order valence-corrected chi connectivity index (χ0v) is 11.5. The summed E-state index contributed by atoms with van der Waals surface area (Å²) in [6, 6.07) is 0. The van der Waals surface area contributed by atoms with Crippen LogP contribution in [0.25, 0.3) is 0 Å². The monoisotopic (exact) mass is 256 g/mol. The van der Waals surface area contributed by atoms with E-state index in [-0.39, 0.29) is 18.5 Å². The minimum Gasteiger partial charge on any atom is -0.444 e. The highest BCUT2D eigenvalue weighted by Crippen LogP contribution is 2.23. The van der Waals surface area contributed by atoms with Crippen LogP contribution in [0.15, 0.2) is 0 Å². The summed E-state index contributed by atoms with van der Waals surface area (Å²) in [5.41, 5.74) is -0.516. The average molecular weight is 256 g/mol. The Labute approximate surface area is 109 Å². The second-order valence-electron chi connectivity index (χ2n) is 5.73. The van der Waals surface area contributed by atoms with E-state index in [2.05, 4.69) is 10.6 Å². The zero-order valence-electron chi connectivity index (χ0n) is 11.5. The Morgan fingerprint density at radius 1 is 1.11 bits per heavy atom. The predicted octanol–water partition coefficient (Wildman–Crippen LogP) is 2.17. The van der Waals surface area contributed by atoms with Gasteiger partial charge in [-0.25, -0.2) is 4.79 Å². The summed E-state index contributed by atoms with van der Waals surface area (Å²) in [6.45, 7) is 5.53. The van der Waals surface area contributed by atoms with Gasteiger partial charge < -0.3 is 15.4 Å². The summed E-state index contributed by atoms with van der Waals surface area (Å²) in [7, 11) is 0. The van der Waals surface area contributed by atoms with Crippen LogP contribution in [0.2, 0.25) is 0 Å². The standard InChI is InChI=1S/C13H24N2O3/c1-13(2,3)18-12(17)15-9-14-11(16)10-7-5-4-6-8-10/h10H,4-9H2,1-3H3,(H,14,16)(H,15,17). The zero-order chi connectivity index (χ0) is 13.6. The lowest BCUT2D eigenvalue weighted by molar-refractivity contribution is -0.125. The molecule has 0 aliphatic heterocycles. The van der Waals surface area contributed by atoms with Gasteiger partial charge in [0.15, 0.2) is 0 Å². The topological polar surface area (TPSA) is 67.4 Å². The Balaban J connectivity index is 2.17. The van der Waals surface area contributed by atoms with Crippen molar-refractivity contribution in [3.05, 3.63) is 0 Å². The molecular weight excluding hydrogens is 232 g/mol. The second-order valence-corrected chi connectivity index (χ2v) is 5.73. The quantitative estimate of drug-likeness (QED) is 0.760. The molecule has 1 aliphatic rings. The average Bonchev–Trinajstić information content (AvgIpc) is 2.27. The van der Waals surface area contributed by atoms with Crippen molar-refractivity contribution in [3.63, 3.8) is 0 Å². The number of hydrogen-bond acceptors (Lipinski definition) is 3. The molecule has 0 bridgehead atoms. The molecule has 5 nitrogen and oxygen atoms in total. The van der Waals surface area contributed by atoms with E-state index in [1.165, 1.54) is 6.42 Å². The third-order valence-corrected chi connectivity index (χ3v) is 2.87. The number of nitrogens with one attached hydrogen (secondary N) is 2. The number of rotatable bonds is 3. The Hall–Kier alpha value is -1.26. The maximum Gasteiger partial charge on any atom is 0.409 e. The van der Waals surface area contributed by atoms with E-state index < -0.39 is 11.7 Å². The van der Waals surface area contributed by atoms with Crippen LogP contribution in [-0.4, -0.2) is 24.3 Å². The van der Waals surface area contributed by atoms with E-state index in [0.717, 1.165) is 25.7 Å². The summed E-state index contributed by atoms with van der Waals surface area (Å²) in [5.74, 6) is 0.143. The van der Waals surface area contributed by atoms with Crippen molar-refractivity contribution in [3.8, 4) is 0 Å². The van der Waals surface area contributed by atoms with Crippen LogP contribution in [0, 0.1) is 5.92 Å². The fourth-order valence-electron chi connectivity index (χ4n) is 2.03. The van der Waals surface area contributed by atoms with Gasteiger partial charge >= 0.3 is 6.09 Å². The molecule has 0 aromatic rings. The molecule has 0 aromatic heterocycles. The van der Waals surface area contributed by atoms with Crippen molar-refractivity contribution in [2.24, 2.45) is 5.92 Å². The molecular formula is C13H24N2O3. The van der Waals surface area contributed by atoms with Gasteiger partial charge in [-0.2, -0.15) is 0 Å². The van der Waals surface area contributed by atoms with Crippen LogP contribution in [0.1, 0.15) is 52.9 Å². The van der Waals surface area contributed by atoms with E-state index in [9.17, 15) is 9.59 Å². The number of amides is 2. The van der Waals surface area contributed by atoms with Crippen molar-refractivity contribution in [1.29, 1.82) is 0 Å². The van der Waals surface area contributed by atoms with Gasteiger partial charge in [-0.3, -0.25) is 4.79 Å². The summed E-state index contributed by atoms with van der Waals surface area (Å²) in [6.07, 6.45) is 4.87. The molecule has 0 radical (unpaired) electrons. The van der Waals surface area contributed by atoms with Gasteiger partial charge in [0.05, 0.1) is 6.67 Å². The lowest BCUT2D eigenvalue weighted by Gasteiger charge is -2.22. The van der Waals surface area contributed by atoms with Gasteiger partial charge in [0, 0.05) is 5.92 Å². The molecule has 1 rings (SSSR count). The Morgan fingerprint density at radius 3 is 2.28 bits per heavy atom. The van der Waals surface area contributed by atoms with Crippen molar-refractivity contribution in [2.45, 2.75) is 58.5 Å². The molecule has 1 saturated carbocycles. The van der Waals surface area contributed by atoms with E-state index in [0.29, 0.717) is 0 Å². The fourth-order valence-corrected chi connectivity index (χ4v) is 2.03. The van der Waals surface area contributed by atoms with Crippen LogP contribution >= 0.6 is 0 Å². The Morgan fingerprint density at radius 2 is 1.72 bits per heavy atom. The van der Waals surface area contributed by atoms with Crippen LogP contribution < -0.4 is 10.6 Å². The molecule has 104 valence electrons. The molecule has 2 amide bonds. The number of carbonyl (C=O) groups excluding carboxylic acids is 2. The maximum atomic E-state index is 11.8. The molecule has 1 fully saturated rings. The third-order valence-electron chi connectivity index (χ3n) is 2.87. The minimum atomic E-state index is -0.516. The van der Waals surface area contributed by atoms with Gasteiger partial charge in [-0.1, -0.05) is 19.3 Å². The van der Waals surface area contributed by atoms with Gasteiger partial charge in [-0.05, 0) is 33.6 Å². The highest BCUT2D eigenvalue weighted by molar-refractivity contribution is 5.79. The Bertz CT molecular complexity index is 291. The van der Waals surface area contributed by atoms with E-state index >= 15 is 0 Å². The minimum absolute atomic E-state index is 0.0331. The second kappa shape index (κ2) is 6.61. The maximum absolute atomic E-state index is 11.8. The summed E-state index contributed by atoms with van der Waals surface area (Å²) >= 11 is 0. The first kappa shape index (κ1) is 14.8. The van der Waals surface area contributed by atoms with Crippen molar-refractivity contribution < 1.29 is 14.3 Å². The molecule has 0 heterocycles.